The number of nitrogens with zero attached hydrogens (tertiary/aromatic N) is 1. The smallest absolute Gasteiger partial charge is 0.104 e. The van der Waals surface area contributed by atoms with Gasteiger partial charge in [-0.1, -0.05) is 74.7 Å². The fraction of sp³-hybridized carbons (Fsp3) is 0.417. The molecule has 0 aliphatic heterocycles. The standard InChI is InChI=1S/C24H33Cl2N2/c1-6-8-22(9-7-2)28(4,5)17-19-10-13-21(14-11-19)27-18(3)20-12-15-23(25)24(26)16-20/h10-16,22,27H,3,6-9,17H2,1-2,4-5H3/q+1. The van der Waals surface area contributed by atoms with Gasteiger partial charge in [0.2, 0.25) is 0 Å². The number of hydrogen-bond donors (Lipinski definition) is 1. The molecule has 0 spiro atoms. The molecule has 2 aromatic rings. The lowest BCUT2D eigenvalue weighted by Gasteiger charge is -2.38. The molecule has 2 aromatic carbocycles. The Morgan fingerprint density at radius 3 is 2.11 bits per heavy atom. The van der Waals surface area contributed by atoms with Crippen LogP contribution in [0, 0.1) is 0 Å². The first-order valence-electron chi connectivity index (χ1n) is 10.1. The summed E-state index contributed by atoms with van der Waals surface area (Å²) >= 11 is 12.1. The van der Waals surface area contributed by atoms with Gasteiger partial charge in [0.05, 0.1) is 30.2 Å². The summed E-state index contributed by atoms with van der Waals surface area (Å²) in [5.41, 5.74) is 4.10. The van der Waals surface area contributed by atoms with Crippen LogP contribution in [0.25, 0.3) is 5.70 Å². The van der Waals surface area contributed by atoms with E-state index in [-0.39, 0.29) is 0 Å². The van der Waals surface area contributed by atoms with Crippen molar-refractivity contribution < 1.29 is 4.48 Å². The molecule has 4 heteroatoms. The van der Waals surface area contributed by atoms with Crippen LogP contribution in [0.3, 0.4) is 0 Å². The van der Waals surface area contributed by atoms with Gasteiger partial charge >= 0.3 is 0 Å². The molecular formula is C24H33Cl2N2+. The van der Waals surface area contributed by atoms with Crippen molar-refractivity contribution >= 4 is 34.6 Å². The van der Waals surface area contributed by atoms with E-state index in [1.54, 1.807) is 6.07 Å². The highest BCUT2D eigenvalue weighted by Gasteiger charge is 2.26. The van der Waals surface area contributed by atoms with Crippen LogP contribution in [-0.2, 0) is 6.54 Å². The molecule has 0 amide bonds. The number of nitrogens with one attached hydrogen (secondary N) is 1. The largest absolute Gasteiger partial charge is 0.356 e. The normalized spacial score (nSPS) is 11.7. The van der Waals surface area contributed by atoms with E-state index < -0.39 is 0 Å². The highest BCUT2D eigenvalue weighted by atomic mass is 35.5. The lowest BCUT2D eigenvalue weighted by Crippen LogP contribution is -2.48. The van der Waals surface area contributed by atoms with E-state index in [1.165, 1.54) is 31.2 Å². The van der Waals surface area contributed by atoms with Gasteiger partial charge in [-0.05, 0) is 42.7 Å². The van der Waals surface area contributed by atoms with E-state index in [0.717, 1.165) is 28.0 Å². The predicted molar refractivity (Wildman–Crippen MR) is 125 cm³/mol. The average molecular weight is 420 g/mol. The summed E-state index contributed by atoms with van der Waals surface area (Å²) in [6.45, 7) is 9.72. The third kappa shape index (κ3) is 6.27. The van der Waals surface area contributed by atoms with Crippen molar-refractivity contribution in [2.24, 2.45) is 0 Å². The molecule has 0 bridgehead atoms. The molecule has 152 valence electrons. The van der Waals surface area contributed by atoms with E-state index in [2.05, 4.69) is 64.1 Å². The van der Waals surface area contributed by atoms with Crippen molar-refractivity contribution in [3.05, 3.63) is 70.2 Å². The number of quaternary nitrogens is 1. The molecule has 0 saturated heterocycles. The lowest BCUT2D eigenvalue weighted by atomic mass is 10.0. The number of anilines is 1. The minimum absolute atomic E-state index is 0.533. The molecule has 0 atom stereocenters. The highest BCUT2D eigenvalue weighted by Crippen LogP contribution is 2.27. The maximum atomic E-state index is 6.11. The Bertz CT molecular complexity index is 776. The molecule has 28 heavy (non-hydrogen) atoms. The maximum Gasteiger partial charge on any atom is 0.104 e. The topological polar surface area (TPSA) is 12.0 Å². The summed E-state index contributed by atoms with van der Waals surface area (Å²) < 4.78 is 1.03. The molecule has 0 radical (unpaired) electrons. The monoisotopic (exact) mass is 419 g/mol. The molecular weight excluding hydrogens is 387 g/mol. The number of hydrogen-bond acceptors (Lipinski definition) is 1. The van der Waals surface area contributed by atoms with Gasteiger partial charge in [-0.2, -0.15) is 0 Å². The first kappa shape index (κ1) is 22.8. The molecule has 0 fully saturated rings. The third-order valence-electron chi connectivity index (χ3n) is 5.34. The molecule has 0 unspecified atom stereocenters. The number of halogens is 2. The van der Waals surface area contributed by atoms with Crippen molar-refractivity contribution in [2.45, 2.75) is 52.1 Å². The Balaban J connectivity index is 2.04. The van der Waals surface area contributed by atoms with Crippen molar-refractivity contribution in [2.75, 3.05) is 19.4 Å². The molecule has 0 aliphatic carbocycles. The minimum Gasteiger partial charge on any atom is -0.356 e. The van der Waals surface area contributed by atoms with Gasteiger partial charge in [0.25, 0.3) is 0 Å². The molecule has 0 heterocycles. The van der Waals surface area contributed by atoms with Crippen LogP contribution in [0.1, 0.15) is 50.7 Å². The zero-order chi connectivity index (χ0) is 20.7. The first-order valence-corrected chi connectivity index (χ1v) is 10.8. The van der Waals surface area contributed by atoms with E-state index in [0.29, 0.717) is 16.1 Å². The Kier molecular flexibility index (Phi) is 8.42. The van der Waals surface area contributed by atoms with Crippen LogP contribution >= 0.6 is 23.2 Å². The van der Waals surface area contributed by atoms with Gasteiger partial charge in [-0.25, -0.2) is 0 Å². The van der Waals surface area contributed by atoms with E-state index in [1.807, 2.05) is 12.1 Å². The third-order valence-corrected chi connectivity index (χ3v) is 6.08. The van der Waals surface area contributed by atoms with Crippen LogP contribution in [0.4, 0.5) is 5.69 Å². The van der Waals surface area contributed by atoms with Gasteiger partial charge in [0, 0.05) is 16.9 Å². The van der Waals surface area contributed by atoms with Crippen LogP contribution in [0.15, 0.2) is 49.0 Å². The average Bonchev–Trinajstić information content (AvgIpc) is 2.65. The van der Waals surface area contributed by atoms with Crippen LogP contribution in [-0.4, -0.2) is 24.6 Å². The fourth-order valence-corrected chi connectivity index (χ4v) is 4.03. The van der Waals surface area contributed by atoms with Gasteiger partial charge < -0.3 is 9.80 Å². The summed E-state index contributed by atoms with van der Waals surface area (Å²) in [5, 5.41) is 4.44. The van der Waals surface area contributed by atoms with Crippen molar-refractivity contribution in [1.82, 2.24) is 0 Å². The number of rotatable bonds is 10. The molecule has 0 aliphatic rings. The molecule has 0 aromatic heterocycles. The van der Waals surface area contributed by atoms with Crippen LogP contribution < -0.4 is 5.32 Å². The molecule has 2 rings (SSSR count). The summed E-state index contributed by atoms with van der Waals surface area (Å²) in [6.07, 6.45) is 5.05. The van der Waals surface area contributed by atoms with Crippen molar-refractivity contribution in [1.29, 1.82) is 0 Å². The van der Waals surface area contributed by atoms with E-state index >= 15 is 0 Å². The van der Waals surface area contributed by atoms with Gasteiger partial charge in [0.15, 0.2) is 0 Å². The lowest BCUT2D eigenvalue weighted by molar-refractivity contribution is -0.928. The van der Waals surface area contributed by atoms with Crippen LogP contribution in [0.5, 0.6) is 0 Å². The Labute approximate surface area is 180 Å². The second kappa shape index (κ2) is 10.3. The second-order valence-electron chi connectivity index (χ2n) is 8.10. The summed E-state index contributed by atoms with van der Waals surface area (Å²) in [7, 11) is 4.71. The van der Waals surface area contributed by atoms with E-state index in [9.17, 15) is 0 Å². The number of benzene rings is 2. The molecule has 2 nitrogen and oxygen atoms in total. The quantitative estimate of drug-likeness (QED) is 0.390. The highest BCUT2D eigenvalue weighted by molar-refractivity contribution is 6.42. The fourth-order valence-electron chi connectivity index (χ4n) is 3.73. The summed E-state index contributed by atoms with van der Waals surface area (Å²) in [5.74, 6) is 0. The zero-order valence-corrected chi connectivity index (χ0v) is 19.1. The molecule has 1 N–H and O–H groups in total. The van der Waals surface area contributed by atoms with Gasteiger partial charge in [-0.3, -0.25) is 0 Å². The van der Waals surface area contributed by atoms with Crippen molar-refractivity contribution in [3.63, 3.8) is 0 Å². The Hall–Kier alpha value is -1.48. The Morgan fingerprint density at radius 1 is 0.964 bits per heavy atom. The minimum atomic E-state index is 0.533. The zero-order valence-electron chi connectivity index (χ0n) is 17.6. The van der Waals surface area contributed by atoms with Gasteiger partial charge in [0.1, 0.15) is 6.54 Å². The second-order valence-corrected chi connectivity index (χ2v) is 8.91. The summed E-state index contributed by atoms with van der Waals surface area (Å²) in [6, 6.07) is 14.9. The maximum absolute atomic E-state index is 6.11. The molecule has 0 saturated carbocycles. The van der Waals surface area contributed by atoms with Gasteiger partial charge in [-0.15, -0.1) is 0 Å². The van der Waals surface area contributed by atoms with E-state index in [4.69, 9.17) is 23.2 Å². The SMILES string of the molecule is C=C(Nc1ccc(C[N+](C)(C)C(CCC)CCC)cc1)c1ccc(Cl)c(Cl)c1. The first-order chi connectivity index (χ1) is 13.3. The van der Waals surface area contributed by atoms with Crippen molar-refractivity contribution in [3.8, 4) is 0 Å². The Morgan fingerprint density at radius 2 is 1.57 bits per heavy atom. The summed E-state index contributed by atoms with van der Waals surface area (Å²) in [4.78, 5) is 0. The van der Waals surface area contributed by atoms with Crippen LogP contribution in [0.2, 0.25) is 10.0 Å². The predicted octanol–water partition coefficient (Wildman–Crippen LogP) is 7.62.